The fourth-order valence-electron chi connectivity index (χ4n) is 4.63. The zero-order valence-electron chi connectivity index (χ0n) is 19.8. The summed E-state index contributed by atoms with van der Waals surface area (Å²) in [7, 11) is 0. The minimum Gasteiger partial charge on any atom is -0.346 e. The van der Waals surface area contributed by atoms with Crippen LogP contribution >= 0.6 is 11.8 Å². The molecule has 1 saturated carbocycles. The number of aromatic nitrogens is 2. The third-order valence-corrected chi connectivity index (χ3v) is 7.14. The smallest absolute Gasteiger partial charge is 0.262 e. The predicted molar refractivity (Wildman–Crippen MR) is 137 cm³/mol. The number of hydrogen-bond donors (Lipinski definition) is 2. The van der Waals surface area contributed by atoms with Crippen molar-refractivity contribution in [1.29, 1.82) is 0 Å². The number of carbonyl (C=O) groups is 2. The molecule has 0 spiro atoms. The molecule has 178 valence electrons. The van der Waals surface area contributed by atoms with Crippen LogP contribution in [0.3, 0.4) is 0 Å². The van der Waals surface area contributed by atoms with E-state index >= 15 is 0 Å². The Balaban J connectivity index is 1.41. The first kappa shape index (κ1) is 24.0. The molecule has 3 aromatic rings. The molecule has 1 aromatic heterocycles. The molecule has 1 fully saturated rings. The fraction of sp³-hybridized carbons (Fsp3) is 0.385. The molecule has 7 nitrogen and oxygen atoms in total. The zero-order valence-corrected chi connectivity index (χ0v) is 20.6. The molecule has 2 N–H and O–H groups in total. The highest BCUT2D eigenvalue weighted by Gasteiger charge is 2.23. The van der Waals surface area contributed by atoms with E-state index in [4.69, 9.17) is 4.98 Å². The highest BCUT2D eigenvalue weighted by Crippen LogP contribution is 2.32. The molecule has 0 unspecified atom stereocenters. The van der Waals surface area contributed by atoms with Crippen LogP contribution < -0.4 is 16.2 Å². The highest BCUT2D eigenvalue weighted by atomic mass is 32.2. The van der Waals surface area contributed by atoms with Crippen molar-refractivity contribution in [3.8, 4) is 0 Å². The average molecular weight is 479 g/mol. The molecule has 0 atom stereocenters. The van der Waals surface area contributed by atoms with Crippen molar-refractivity contribution in [2.75, 3.05) is 17.6 Å². The van der Waals surface area contributed by atoms with Crippen molar-refractivity contribution < 1.29 is 9.59 Å². The summed E-state index contributed by atoms with van der Waals surface area (Å²) in [5.74, 6) is -0.481. The van der Waals surface area contributed by atoms with Gasteiger partial charge in [-0.3, -0.25) is 19.0 Å². The molecule has 2 amide bonds. The van der Waals surface area contributed by atoms with Crippen LogP contribution in [0, 0.1) is 20.8 Å². The Morgan fingerprint density at radius 1 is 1.06 bits per heavy atom. The largest absolute Gasteiger partial charge is 0.346 e. The minimum absolute atomic E-state index is 0.0522. The van der Waals surface area contributed by atoms with Gasteiger partial charge < -0.3 is 10.6 Å². The number of amides is 2. The van der Waals surface area contributed by atoms with Crippen molar-refractivity contribution in [2.24, 2.45) is 0 Å². The first-order valence-corrected chi connectivity index (χ1v) is 12.6. The summed E-state index contributed by atoms with van der Waals surface area (Å²) in [6.07, 6.45) is 4.06. The molecule has 34 heavy (non-hydrogen) atoms. The summed E-state index contributed by atoms with van der Waals surface area (Å²) in [4.78, 5) is 42.8. The topological polar surface area (TPSA) is 93.1 Å². The zero-order chi connectivity index (χ0) is 24.2. The number of fused-ring (bicyclic) bond motifs is 1. The molecule has 0 radical (unpaired) electrons. The number of para-hydroxylation sites is 1. The first-order chi connectivity index (χ1) is 16.3. The van der Waals surface area contributed by atoms with Crippen LogP contribution in [0.1, 0.15) is 48.4 Å². The number of benzene rings is 2. The van der Waals surface area contributed by atoms with E-state index in [1.807, 2.05) is 51.1 Å². The van der Waals surface area contributed by atoms with Crippen molar-refractivity contribution in [3.63, 3.8) is 0 Å². The van der Waals surface area contributed by atoms with Gasteiger partial charge in [-0.2, -0.15) is 0 Å². The number of anilines is 1. The van der Waals surface area contributed by atoms with Crippen LogP contribution in [-0.2, 0) is 9.59 Å². The minimum atomic E-state index is -0.280. The number of thioether (sulfide) groups is 1. The van der Waals surface area contributed by atoms with Gasteiger partial charge in [0.25, 0.3) is 5.56 Å². The van der Waals surface area contributed by atoms with Crippen LogP contribution in [0.25, 0.3) is 10.9 Å². The lowest BCUT2D eigenvalue weighted by atomic mass is 10.1. The summed E-state index contributed by atoms with van der Waals surface area (Å²) in [6.45, 7) is 5.80. The second-order valence-corrected chi connectivity index (χ2v) is 9.85. The second kappa shape index (κ2) is 10.4. The third-order valence-electron chi connectivity index (χ3n) is 6.19. The van der Waals surface area contributed by atoms with Gasteiger partial charge in [0.1, 0.15) is 0 Å². The first-order valence-electron chi connectivity index (χ1n) is 11.6. The number of carbonyl (C=O) groups excluding carboxylic acids is 2. The maximum atomic E-state index is 13.2. The molecule has 1 aliphatic carbocycles. The monoisotopic (exact) mass is 478 g/mol. The predicted octanol–water partition coefficient (Wildman–Crippen LogP) is 4.28. The molecule has 0 aliphatic heterocycles. The van der Waals surface area contributed by atoms with E-state index in [1.165, 1.54) is 11.8 Å². The van der Waals surface area contributed by atoms with Gasteiger partial charge in [-0.25, -0.2) is 4.98 Å². The molecular weight excluding hydrogens is 448 g/mol. The summed E-state index contributed by atoms with van der Waals surface area (Å²) in [5, 5.41) is 6.72. The van der Waals surface area contributed by atoms with Crippen molar-refractivity contribution in [1.82, 2.24) is 14.9 Å². The summed E-state index contributed by atoms with van der Waals surface area (Å²) in [5.41, 5.74) is 4.47. The van der Waals surface area contributed by atoms with Crippen LogP contribution in [0.15, 0.2) is 46.3 Å². The number of hydrogen-bond acceptors (Lipinski definition) is 5. The maximum absolute atomic E-state index is 13.2. The van der Waals surface area contributed by atoms with E-state index in [-0.39, 0.29) is 35.7 Å². The maximum Gasteiger partial charge on any atom is 0.262 e. The van der Waals surface area contributed by atoms with Crippen LogP contribution in [0.5, 0.6) is 0 Å². The Morgan fingerprint density at radius 2 is 1.74 bits per heavy atom. The van der Waals surface area contributed by atoms with E-state index < -0.39 is 0 Å². The average Bonchev–Trinajstić information content (AvgIpc) is 3.33. The fourth-order valence-corrected chi connectivity index (χ4v) is 5.53. The van der Waals surface area contributed by atoms with E-state index in [1.54, 1.807) is 10.6 Å². The van der Waals surface area contributed by atoms with Crippen LogP contribution in [0.2, 0.25) is 0 Å². The Labute approximate surface area is 203 Å². The Hall–Kier alpha value is -3.13. The van der Waals surface area contributed by atoms with Gasteiger partial charge in [0.2, 0.25) is 11.8 Å². The van der Waals surface area contributed by atoms with E-state index in [0.29, 0.717) is 16.1 Å². The Kier molecular flexibility index (Phi) is 7.36. The lowest BCUT2D eigenvalue weighted by Crippen LogP contribution is -2.34. The van der Waals surface area contributed by atoms with Crippen molar-refractivity contribution in [3.05, 3.63) is 63.4 Å². The molecule has 2 aromatic carbocycles. The van der Waals surface area contributed by atoms with Crippen LogP contribution in [0.4, 0.5) is 5.69 Å². The molecule has 0 saturated heterocycles. The molecule has 4 rings (SSSR count). The Morgan fingerprint density at radius 3 is 2.44 bits per heavy atom. The number of aryl methyl sites for hydroxylation is 3. The second-order valence-electron chi connectivity index (χ2n) is 8.91. The van der Waals surface area contributed by atoms with E-state index in [0.717, 1.165) is 48.1 Å². The van der Waals surface area contributed by atoms with E-state index in [9.17, 15) is 14.4 Å². The van der Waals surface area contributed by atoms with Crippen LogP contribution in [-0.4, -0.2) is 33.7 Å². The SMILES string of the molecule is Cc1cc(C)c(NC(=O)CNC(=O)CSc2nc3ccccc3c(=O)n2C2CCCC2)c(C)c1. The number of rotatable bonds is 7. The summed E-state index contributed by atoms with van der Waals surface area (Å²) in [6, 6.07) is 11.5. The molecule has 8 heteroatoms. The lowest BCUT2D eigenvalue weighted by molar-refractivity contribution is -0.122. The molecule has 1 aliphatic rings. The summed E-state index contributed by atoms with van der Waals surface area (Å²) >= 11 is 1.24. The van der Waals surface area contributed by atoms with Gasteiger partial charge >= 0.3 is 0 Å². The lowest BCUT2D eigenvalue weighted by Gasteiger charge is -2.18. The van der Waals surface area contributed by atoms with Gasteiger partial charge in [-0.15, -0.1) is 0 Å². The van der Waals surface area contributed by atoms with Gasteiger partial charge in [-0.1, -0.05) is 54.4 Å². The van der Waals surface area contributed by atoms with Crippen molar-refractivity contribution >= 4 is 40.2 Å². The quantitative estimate of drug-likeness (QED) is 0.390. The molecule has 0 bridgehead atoms. The van der Waals surface area contributed by atoms with Gasteiger partial charge in [0.05, 0.1) is 23.2 Å². The normalized spacial score (nSPS) is 13.9. The Bertz CT molecular complexity index is 1270. The highest BCUT2D eigenvalue weighted by molar-refractivity contribution is 7.99. The third kappa shape index (κ3) is 5.33. The van der Waals surface area contributed by atoms with Crippen molar-refractivity contribution in [2.45, 2.75) is 57.7 Å². The molecule has 1 heterocycles. The standard InChI is InChI=1S/C26H30N4O3S/c1-16-12-17(2)24(18(3)13-16)29-22(31)14-27-23(32)15-34-26-28-21-11-7-6-10-20(21)25(33)30(26)19-8-4-5-9-19/h6-7,10-13,19H,4-5,8-9,14-15H2,1-3H3,(H,27,32)(H,29,31). The van der Waals surface area contributed by atoms with Gasteiger partial charge in [0, 0.05) is 11.7 Å². The summed E-state index contributed by atoms with van der Waals surface area (Å²) < 4.78 is 1.77. The van der Waals surface area contributed by atoms with Gasteiger partial charge in [0.15, 0.2) is 5.16 Å². The number of nitrogens with zero attached hydrogens (tertiary/aromatic N) is 2. The number of nitrogens with one attached hydrogen (secondary N) is 2. The molecular formula is C26H30N4O3S. The van der Waals surface area contributed by atoms with Gasteiger partial charge in [-0.05, 0) is 56.9 Å². The van der Waals surface area contributed by atoms with E-state index in [2.05, 4.69) is 10.6 Å².